The molecule has 1 N–H and O–H groups in total. The molecule has 1 amide bonds. The zero-order valence-electron chi connectivity index (χ0n) is 15.4. The van der Waals surface area contributed by atoms with E-state index in [9.17, 15) is 13.2 Å². The standard InChI is InChI=1S/C21H24N2O3S/c1-15(17-8-7-16-4-2-5-18(16)14-17)22-27(25,26)20-11-9-19(10-12-20)23-13-3-6-21(23)24/h7-12,14-15,22H,2-6,13H2,1H3/t15-/m0/s1. The Morgan fingerprint density at radius 3 is 2.41 bits per heavy atom. The molecule has 2 aromatic carbocycles. The fourth-order valence-corrected chi connectivity index (χ4v) is 5.19. The highest BCUT2D eigenvalue weighted by Gasteiger charge is 2.23. The van der Waals surface area contributed by atoms with Crippen LogP contribution in [0.1, 0.15) is 48.9 Å². The molecule has 1 aliphatic carbocycles. The van der Waals surface area contributed by atoms with E-state index in [1.165, 1.54) is 17.5 Å². The Morgan fingerprint density at radius 2 is 1.70 bits per heavy atom. The minimum Gasteiger partial charge on any atom is -0.312 e. The predicted octanol–water partition coefficient (Wildman–Crippen LogP) is 3.34. The van der Waals surface area contributed by atoms with Crippen molar-refractivity contribution in [3.8, 4) is 0 Å². The van der Waals surface area contributed by atoms with Gasteiger partial charge in [0, 0.05) is 24.7 Å². The summed E-state index contributed by atoms with van der Waals surface area (Å²) in [7, 11) is -3.63. The Bertz CT molecular complexity index is 967. The minimum atomic E-state index is -3.63. The molecule has 142 valence electrons. The van der Waals surface area contributed by atoms with Gasteiger partial charge in [-0.15, -0.1) is 0 Å². The Labute approximate surface area is 160 Å². The summed E-state index contributed by atoms with van der Waals surface area (Å²) in [5.41, 5.74) is 4.45. The average Bonchev–Trinajstić information content (AvgIpc) is 3.29. The number of nitrogens with zero attached hydrogens (tertiary/aromatic N) is 1. The summed E-state index contributed by atoms with van der Waals surface area (Å²) in [6.45, 7) is 2.56. The van der Waals surface area contributed by atoms with Crippen LogP contribution in [0.2, 0.25) is 0 Å². The van der Waals surface area contributed by atoms with Gasteiger partial charge in [-0.1, -0.05) is 18.2 Å². The van der Waals surface area contributed by atoms with Crippen molar-refractivity contribution >= 4 is 21.6 Å². The van der Waals surface area contributed by atoms with Gasteiger partial charge in [0.05, 0.1) is 4.90 Å². The van der Waals surface area contributed by atoms with Crippen LogP contribution in [0.5, 0.6) is 0 Å². The van der Waals surface area contributed by atoms with Gasteiger partial charge in [0.15, 0.2) is 0 Å². The smallest absolute Gasteiger partial charge is 0.241 e. The second-order valence-electron chi connectivity index (χ2n) is 7.37. The van der Waals surface area contributed by atoms with E-state index < -0.39 is 10.0 Å². The second kappa shape index (κ2) is 7.09. The summed E-state index contributed by atoms with van der Waals surface area (Å²) >= 11 is 0. The van der Waals surface area contributed by atoms with E-state index in [0.717, 1.165) is 30.5 Å². The third-order valence-electron chi connectivity index (χ3n) is 5.49. The molecule has 2 aromatic rings. The molecule has 0 unspecified atom stereocenters. The van der Waals surface area contributed by atoms with Crippen molar-refractivity contribution in [2.24, 2.45) is 0 Å². The van der Waals surface area contributed by atoms with Crippen LogP contribution in [0, 0.1) is 0 Å². The van der Waals surface area contributed by atoms with Gasteiger partial charge in [-0.2, -0.15) is 0 Å². The molecule has 5 nitrogen and oxygen atoms in total. The number of nitrogens with one attached hydrogen (secondary N) is 1. The van der Waals surface area contributed by atoms with E-state index in [-0.39, 0.29) is 16.8 Å². The second-order valence-corrected chi connectivity index (χ2v) is 9.08. The van der Waals surface area contributed by atoms with Crippen LogP contribution in [0.4, 0.5) is 5.69 Å². The molecule has 0 radical (unpaired) electrons. The van der Waals surface area contributed by atoms with Crippen LogP contribution in [0.25, 0.3) is 0 Å². The lowest BCUT2D eigenvalue weighted by Gasteiger charge is -2.18. The molecule has 2 aliphatic rings. The maximum Gasteiger partial charge on any atom is 0.241 e. The number of hydrogen-bond donors (Lipinski definition) is 1. The maximum absolute atomic E-state index is 12.8. The molecule has 0 saturated carbocycles. The quantitative estimate of drug-likeness (QED) is 0.860. The Hall–Kier alpha value is -2.18. The number of carbonyl (C=O) groups is 1. The van der Waals surface area contributed by atoms with E-state index in [0.29, 0.717) is 13.0 Å². The third-order valence-corrected chi connectivity index (χ3v) is 7.04. The molecule has 1 atom stereocenters. The zero-order valence-corrected chi connectivity index (χ0v) is 16.3. The van der Waals surface area contributed by atoms with Crippen molar-refractivity contribution in [1.29, 1.82) is 0 Å². The van der Waals surface area contributed by atoms with Crippen LogP contribution in [-0.2, 0) is 27.7 Å². The third kappa shape index (κ3) is 3.64. The van der Waals surface area contributed by atoms with E-state index in [1.54, 1.807) is 29.2 Å². The van der Waals surface area contributed by atoms with Crippen molar-refractivity contribution in [1.82, 2.24) is 4.72 Å². The van der Waals surface area contributed by atoms with E-state index in [1.807, 2.05) is 13.0 Å². The summed E-state index contributed by atoms with van der Waals surface area (Å²) in [5.74, 6) is 0.0916. The number of sulfonamides is 1. The molecule has 1 saturated heterocycles. The molecule has 1 heterocycles. The lowest BCUT2D eigenvalue weighted by atomic mass is 10.0. The van der Waals surface area contributed by atoms with Crippen molar-refractivity contribution in [3.63, 3.8) is 0 Å². The van der Waals surface area contributed by atoms with Crippen LogP contribution < -0.4 is 9.62 Å². The van der Waals surface area contributed by atoms with Crippen LogP contribution >= 0.6 is 0 Å². The summed E-state index contributed by atoms with van der Waals surface area (Å²) in [4.78, 5) is 13.8. The zero-order chi connectivity index (χ0) is 19.0. The molecule has 0 aromatic heterocycles. The SMILES string of the molecule is C[C@H](NS(=O)(=O)c1ccc(N2CCCC2=O)cc1)c1ccc2c(c1)CCC2. The molecule has 0 spiro atoms. The number of amides is 1. The maximum atomic E-state index is 12.8. The van der Waals surface area contributed by atoms with Crippen molar-refractivity contribution in [3.05, 3.63) is 59.2 Å². The summed E-state index contributed by atoms with van der Waals surface area (Å²) in [5, 5.41) is 0. The fraction of sp³-hybridized carbons (Fsp3) is 0.381. The van der Waals surface area contributed by atoms with Crippen LogP contribution in [0.3, 0.4) is 0 Å². The lowest BCUT2D eigenvalue weighted by molar-refractivity contribution is -0.117. The van der Waals surface area contributed by atoms with E-state index in [2.05, 4.69) is 16.9 Å². The first-order chi connectivity index (χ1) is 12.9. The molecule has 1 aliphatic heterocycles. The van der Waals surface area contributed by atoms with Gasteiger partial charge in [0.25, 0.3) is 0 Å². The predicted molar refractivity (Wildman–Crippen MR) is 105 cm³/mol. The number of aryl methyl sites for hydroxylation is 2. The van der Waals surface area contributed by atoms with Gasteiger partial charge >= 0.3 is 0 Å². The molecular formula is C21H24N2O3S. The van der Waals surface area contributed by atoms with Crippen molar-refractivity contribution in [2.75, 3.05) is 11.4 Å². The normalized spacial score (nSPS) is 18.0. The number of benzene rings is 2. The van der Waals surface area contributed by atoms with Crippen LogP contribution in [-0.4, -0.2) is 20.9 Å². The van der Waals surface area contributed by atoms with Crippen molar-refractivity contribution in [2.45, 2.75) is 50.0 Å². The average molecular weight is 385 g/mol. The number of rotatable bonds is 5. The Balaban J connectivity index is 1.50. The first-order valence-electron chi connectivity index (χ1n) is 9.48. The molecule has 1 fully saturated rings. The first-order valence-corrected chi connectivity index (χ1v) is 11.0. The van der Waals surface area contributed by atoms with Gasteiger partial charge in [0.2, 0.25) is 15.9 Å². The number of fused-ring (bicyclic) bond motifs is 1. The van der Waals surface area contributed by atoms with Gasteiger partial charge in [0.1, 0.15) is 0 Å². The minimum absolute atomic E-state index is 0.0916. The highest BCUT2D eigenvalue weighted by Crippen LogP contribution is 2.27. The van der Waals surface area contributed by atoms with Gasteiger partial charge in [-0.25, -0.2) is 13.1 Å². The van der Waals surface area contributed by atoms with E-state index >= 15 is 0 Å². The lowest BCUT2D eigenvalue weighted by Crippen LogP contribution is -2.27. The Morgan fingerprint density at radius 1 is 0.963 bits per heavy atom. The largest absolute Gasteiger partial charge is 0.312 e. The summed E-state index contributed by atoms with van der Waals surface area (Å²) in [6.07, 6.45) is 4.75. The van der Waals surface area contributed by atoms with Crippen molar-refractivity contribution < 1.29 is 13.2 Å². The summed E-state index contributed by atoms with van der Waals surface area (Å²) < 4.78 is 28.3. The summed E-state index contributed by atoms with van der Waals surface area (Å²) in [6, 6.07) is 12.5. The number of anilines is 1. The topological polar surface area (TPSA) is 66.5 Å². The fourth-order valence-electron chi connectivity index (χ4n) is 3.96. The van der Waals surface area contributed by atoms with E-state index in [4.69, 9.17) is 0 Å². The molecule has 6 heteroatoms. The molecule has 4 rings (SSSR count). The monoisotopic (exact) mass is 384 g/mol. The highest BCUT2D eigenvalue weighted by atomic mass is 32.2. The molecular weight excluding hydrogens is 360 g/mol. The first kappa shape index (κ1) is 18.2. The molecule has 0 bridgehead atoms. The van der Waals surface area contributed by atoms with Gasteiger partial charge in [-0.05, 0) is 73.6 Å². The van der Waals surface area contributed by atoms with Gasteiger partial charge < -0.3 is 4.90 Å². The number of carbonyl (C=O) groups excluding carboxylic acids is 1. The number of hydrogen-bond acceptors (Lipinski definition) is 3. The highest BCUT2D eigenvalue weighted by molar-refractivity contribution is 7.89. The van der Waals surface area contributed by atoms with Gasteiger partial charge in [-0.3, -0.25) is 4.79 Å². The Kier molecular flexibility index (Phi) is 4.78. The molecule has 27 heavy (non-hydrogen) atoms. The van der Waals surface area contributed by atoms with Crippen LogP contribution in [0.15, 0.2) is 47.4 Å².